The quantitative estimate of drug-likeness (QED) is 0.853. The fourth-order valence-corrected chi connectivity index (χ4v) is 2.05. The van der Waals surface area contributed by atoms with Gasteiger partial charge in [-0.15, -0.1) is 0 Å². The summed E-state index contributed by atoms with van der Waals surface area (Å²) in [5.41, 5.74) is 0.782. The van der Waals surface area contributed by atoms with E-state index in [1.54, 1.807) is 7.05 Å². The number of hydrogen-bond acceptors (Lipinski definition) is 2. The summed E-state index contributed by atoms with van der Waals surface area (Å²) in [7, 11) is 1.68. The van der Waals surface area contributed by atoms with Crippen LogP contribution >= 0.6 is 0 Å². The molecule has 0 heterocycles. The summed E-state index contributed by atoms with van der Waals surface area (Å²) in [4.78, 5) is 24.4. The number of carboxylic acids is 1. The highest BCUT2D eigenvalue weighted by Gasteiger charge is 2.34. The molecular formula is C14H18N2O3. The zero-order valence-electron chi connectivity index (χ0n) is 10.9. The minimum atomic E-state index is -0.875. The normalized spacial score (nSPS) is 15.6. The fourth-order valence-electron chi connectivity index (χ4n) is 2.05. The molecule has 0 aromatic heterocycles. The number of nitrogens with zero attached hydrogens (tertiary/aromatic N) is 1. The van der Waals surface area contributed by atoms with E-state index in [-0.39, 0.29) is 18.5 Å². The summed E-state index contributed by atoms with van der Waals surface area (Å²) in [5.74, 6) is -0.566. The molecule has 2 N–H and O–H groups in total. The Labute approximate surface area is 112 Å². The first kappa shape index (κ1) is 13.4. The number of amides is 2. The lowest BCUT2D eigenvalue weighted by Crippen LogP contribution is -2.45. The zero-order valence-corrected chi connectivity index (χ0v) is 10.9. The van der Waals surface area contributed by atoms with E-state index in [4.69, 9.17) is 5.11 Å². The highest BCUT2D eigenvalue weighted by molar-refractivity contribution is 5.91. The van der Waals surface area contributed by atoms with E-state index < -0.39 is 5.97 Å². The Morgan fingerprint density at radius 3 is 2.53 bits per heavy atom. The summed E-state index contributed by atoms with van der Waals surface area (Å²) in [5, 5.41) is 11.7. The van der Waals surface area contributed by atoms with Crippen LogP contribution in [0.25, 0.3) is 0 Å². The number of aliphatic carboxylic acids is 1. The molecule has 1 fully saturated rings. The van der Waals surface area contributed by atoms with Crippen LogP contribution in [0.4, 0.5) is 10.5 Å². The lowest BCUT2D eigenvalue weighted by atomic mass is 10.1. The van der Waals surface area contributed by atoms with Crippen molar-refractivity contribution in [1.29, 1.82) is 0 Å². The summed E-state index contributed by atoms with van der Waals surface area (Å²) >= 11 is 0. The smallest absolute Gasteiger partial charge is 0.321 e. The van der Waals surface area contributed by atoms with Crippen LogP contribution in [0.5, 0.6) is 0 Å². The number of rotatable bonds is 5. The number of benzene rings is 1. The van der Waals surface area contributed by atoms with E-state index in [0.29, 0.717) is 5.92 Å². The third-order valence-electron chi connectivity index (χ3n) is 3.34. The Morgan fingerprint density at radius 1 is 1.37 bits per heavy atom. The Bertz CT molecular complexity index is 457. The molecule has 1 aliphatic rings. The first-order valence-corrected chi connectivity index (χ1v) is 6.39. The topological polar surface area (TPSA) is 69.6 Å². The number of carbonyl (C=O) groups is 2. The maximum atomic E-state index is 12.1. The maximum Gasteiger partial charge on any atom is 0.321 e. The molecular weight excluding hydrogens is 244 g/mol. The van der Waals surface area contributed by atoms with Gasteiger partial charge in [0.2, 0.25) is 0 Å². The van der Waals surface area contributed by atoms with Gasteiger partial charge in [-0.05, 0) is 30.9 Å². The van der Waals surface area contributed by atoms with Crippen molar-refractivity contribution in [3.8, 4) is 0 Å². The van der Waals surface area contributed by atoms with E-state index in [1.165, 1.54) is 4.90 Å². The van der Waals surface area contributed by atoms with Gasteiger partial charge in [0, 0.05) is 18.8 Å². The summed E-state index contributed by atoms with van der Waals surface area (Å²) in [6, 6.07) is 8.74. The van der Waals surface area contributed by atoms with E-state index >= 15 is 0 Å². The Kier molecular flexibility index (Phi) is 4.04. The first-order valence-electron chi connectivity index (χ1n) is 6.39. The molecule has 1 atom stereocenters. The van der Waals surface area contributed by atoms with Crippen molar-refractivity contribution in [1.82, 2.24) is 5.32 Å². The van der Waals surface area contributed by atoms with Crippen LogP contribution in [0.2, 0.25) is 0 Å². The van der Waals surface area contributed by atoms with Crippen LogP contribution in [0.15, 0.2) is 30.3 Å². The lowest BCUT2D eigenvalue weighted by Gasteiger charge is -2.22. The molecule has 102 valence electrons. The van der Waals surface area contributed by atoms with E-state index in [1.807, 2.05) is 30.3 Å². The summed E-state index contributed by atoms with van der Waals surface area (Å²) < 4.78 is 0. The van der Waals surface area contributed by atoms with Crippen molar-refractivity contribution in [2.24, 2.45) is 5.92 Å². The lowest BCUT2D eigenvalue weighted by molar-refractivity contribution is -0.137. The minimum Gasteiger partial charge on any atom is -0.481 e. The van der Waals surface area contributed by atoms with Gasteiger partial charge in [-0.3, -0.25) is 9.69 Å². The van der Waals surface area contributed by atoms with Crippen molar-refractivity contribution in [2.45, 2.75) is 25.3 Å². The van der Waals surface area contributed by atoms with E-state index in [9.17, 15) is 9.59 Å². The first-order chi connectivity index (χ1) is 9.08. The predicted octanol–water partition coefficient (Wildman–Crippen LogP) is 2.09. The van der Waals surface area contributed by atoms with Gasteiger partial charge in [0.15, 0.2) is 0 Å². The maximum absolute atomic E-state index is 12.1. The second-order valence-electron chi connectivity index (χ2n) is 4.89. The van der Waals surface area contributed by atoms with Crippen LogP contribution in [0.3, 0.4) is 0 Å². The van der Waals surface area contributed by atoms with Gasteiger partial charge in [0.1, 0.15) is 0 Å². The van der Waals surface area contributed by atoms with Crippen LogP contribution in [0, 0.1) is 5.92 Å². The fraction of sp³-hybridized carbons (Fsp3) is 0.429. The van der Waals surface area contributed by atoms with E-state index in [2.05, 4.69) is 5.32 Å². The highest BCUT2D eigenvalue weighted by Crippen LogP contribution is 2.34. The van der Waals surface area contributed by atoms with Gasteiger partial charge in [0.05, 0.1) is 6.42 Å². The largest absolute Gasteiger partial charge is 0.481 e. The van der Waals surface area contributed by atoms with Crippen molar-refractivity contribution < 1.29 is 14.7 Å². The monoisotopic (exact) mass is 262 g/mol. The van der Waals surface area contributed by atoms with Crippen LogP contribution in [-0.2, 0) is 4.79 Å². The molecule has 0 saturated heterocycles. The third kappa shape index (κ3) is 3.71. The Morgan fingerprint density at radius 2 is 2.00 bits per heavy atom. The van der Waals surface area contributed by atoms with Crippen molar-refractivity contribution in [2.75, 3.05) is 11.9 Å². The number of para-hydroxylation sites is 1. The Hall–Kier alpha value is -2.04. The van der Waals surface area contributed by atoms with Gasteiger partial charge >= 0.3 is 12.0 Å². The second-order valence-corrected chi connectivity index (χ2v) is 4.89. The molecule has 0 bridgehead atoms. The Balaban J connectivity index is 1.97. The van der Waals surface area contributed by atoms with Crippen molar-refractivity contribution in [3.05, 3.63) is 30.3 Å². The van der Waals surface area contributed by atoms with Gasteiger partial charge < -0.3 is 10.4 Å². The minimum absolute atomic E-state index is 0.0148. The SMILES string of the molecule is CN(C(=O)NC(CC(=O)O)C1CC1)c1ccccc1. The van der Waals surface area contributed by atoms with Gasteiger partial charge in [-0.1, -0.05) is 18.2 Å². The molecule has 0 aliphatic heterocycles. The highest BCUT2D eigenvalue weighted by atomic mass is 16.4. The van der Waals surface area contributed by atoms with Gasteiger partial charge in [-0.25, -0.2) is 4.79 Å². The molecule has 1 aliphatic carbocycles. The number of carboxylic acid groups (broad SMARTS) is 1. The third-order valence-corrected chi connectivity index (χ3v) is 3.34. The molecule has 1 aromatic carbocycles. The molecule has 0 spiro atoms. The molecule has 19 heavy (non-hydrogen) atoms. The molecule has 1 saturated carbocycles. The number of urea groups is 1. The standard InChI is InChI=1S/C14H18N2O3/c1-16(11-5-3-2-4-6-11)14(19)15-12(9-13(17)18)10-7-8-10/h2-6,10,12H,7-9H2,1H3,(H,15,19)(H,17,18). The van der Waals surface area contributed by atoms with Crippen LogP contribution < -0.4 is 10.2 Å². The number of carbonyl (C=O) groups excluding carboxylic acids is 1. The molecule has 1 aromatic rings. The average Bonchev–Trinajstić information content (AvgIpc) is 3.21. The average molecular weight is 262 g/mol. The molecule has 2 rings (SSSR count). The predicted molar refractivity (Wildman–Crippen MR) is 72.1 cm³/mol. The van der Waals surface area contributed by atoms with Crippen LogP contribution in [-0.4, -0.2) is 30.2 Å². The number of nitrogens with one attached hydrogen (secondary N) is 1. The second kappa shape index (κ2) is 5.73. The molecule has 1 unspecified atom stereocenters. The number of hydrogen-bond donors (Lipinski definition) is 2. The summed E-state index contributed by atoms with van der Waals surface area (Å²) in [6.45, 7) is 0. The van der Waals surface area contributed by atoms with E-state index in [0.717, 1.165) is 18.5 Å². The van der Waals surface area contributed by atoms with Gasteiger partial charge in [-0.2, -0.15) is 0 Å². The zero-order chi connectivity index (χ0) is 13.8. The van der Waals surface area contributed by atoms with Crippen molar-refractivity contribution >= 4 is 17.7 Å². The van der Waals surface area contributed by atoms with Crippen molar-refractivity contribution in [3.63, 3.8) is 0 Å². The number of anilines is 1. The molecule has 2 amide bonds. The van der Waals surface area contributed by atoms with Crippen LogP contribution in [0.1, 0.15) is 19.3 Å². The summed E-state index contributed by atoms with van der Waals surface area (Å²) in [6.07, 6.45) is 1.97. The van der Waals surface area contributed by atoms with Gasteiger partial charge in [0.25, 0.3) is 0 Å². The molecule has 5 heteroatoms. The molecule has 0 radical (unpaired) electrons. The molecule has 5 nitrogen and oxygen atoms in total.